The summed E-state index contributed by atoms with van der Waals surface area (Å²) in [5.74, 6) is 1.84. The summed E-state index contributed by atoms with van der Waals surface area (Å²) in [4.78, 5) is 14.9. The molecule has 5 heteroatoms. The Balaban J connectivity index is 0.953. The number of thiophene rings is 1. The molecular formula is C51H31N3OS. The summed E-state index contributed by atoms with van der Waals surface area (Å²) in [6, 6.07) is 65.8. The summed E-state index contributed by atoms with van der Waals surface area (Å²) in [6.45, 7) is 0. The van der Waals surface area contributed by atoms with Crippen LogP contribution < -0.4 is 0 Å². The van der Waals surface area contributed by atoms with Crippen molar-refractivity contribution in [3.8, 4) is 67.5 Å². The Bertz CT molecular complexity index is 3230. The van der Waals surface area contributed by atoms with Gasteiger partial charge in [0, 0.05) is 47.6 Å². The van der Waals surface area contributed by atoms with Gasteiger partial charge in [-0.25, -0.2) is 15.0 Å². The smallest absolute Gasteiger partial charge is 0.164 e. The minimum atomic E-state index is 0.594. The summed E-state index contributed by atoms with van der Waals surface area (Å²) in [5, 5.41) is 4.71. The van der Waals surface area contributed by atoms with Crippen LogP contribution in [0.2, 0.25) is 0 Å². The van der Waals surface area contributed by atoms with E-state index in [1.54, 1.807) is 0 Å². The van der Waals surface area contributed by atoms with E-state index in [1.807, 2.05) is 53.8 Å². The van der Waals surface area contributed by atoms with Crippen molar-refractivity contribution in [3.05, 3.63) is 188 Å². The van der Waals surface area contributed by atoms with Gasteiger partial charge >= 0.3 is 0 Å². The maximum Gasteiger partial charge on any atom is 0.164 e. The summed E-state index contributed by atoms with van der Waals surface area (Å²) in [7, 11) is 0. The summed E-state index contributed by atoms with van der Waals surface area (Å²) in [5.41, 5.74) is 11.4. The highest BCUT2D eigenvalue weighted by atomic mass is 32.1. The third-order valence-corrected chi connectivity index (χ3v) is 11.7. The number of fused-ring (bicyclic) bond motifs is 6. The van der Waals surface area contributed by atoms with Crippen molar-refractivity contribution in [3.63, 3.8) is 0 Å². The van der Waals surface area contributed by atoms with Gasteiger partial charge in [-0.3, -0.25) is 0 Å². The van der Waals surface area contributed by atoms with Gasteiger partial charge in [0.1, 0.15) is 11.2 Å². The van der Waals surface area contributed by atoms with E-state index >= 15 is 0 Å². The Labute approximate surface area is 327 Å². The number of hydrogen-bond donors (Lipinski definition) is 0. The zero-order valence-corrected chi connectivity index (χ0v) is 30.9. The molecule has 0 saturated carbocycles. The fourth-order valence-electron chi connectivity index (χ4n) is 7.66. The monoisotopic (exact) mass is 733 g/mol. The molecule has 0 aliphatic heterocycles. The lowest BCUT2D eigenvalue weighted by Gasteiger charge is -2.09. The first kappa shape index (κ1) is 32.2. The van der Waals surface area contributed by atoms with Crippen LogP contribution in [0.3, 0.4) is 0 Å². The Morgan fingerprint density at radius 2 is 0.625 bits per heavy atom. The van der Waals surface area contributed by atoms with Gasteiger partial charge in [-0.2, -0.15) is 0 Å². The van der Waals surface area contributed by atoms with Crippen molar-refractivity contribution >= 4 is 53.4 Å². The van der Waals surface area contributed by atoms with E-state index in [0.29, 0.717) is 17.5 Å². The van der Waals surface area contributed by atoms with Crippen molar-refractivity contribution < 1.29 is 4.42 Å². The first-order valence-corrected chi connectivity index (χ1v) is 19.5. The molecule has 3 aromatic heterocycles. The molecule has 3 heterocycles. The Kier molecular flexibility index (Phi) is 7.64. The molecule has 0 unspecified atom stereocenters. The fraction of sp³-hybridized carbons (Fsp3) is 0. The number of hydrogen-bond acceptors (Lipinski definition) is 5. The minimum Gasteiger partial charge on any atom is -0.456 e. The van der Waals surface area contributed by atoms with Gasteiger partial charge < -0.3 is 4.42 Å². The highest BCUT2D eigenvalue weighted by molar-refractivity contribution is 7.25. The summed E-state index contributed by atoms with van der Waals surface area (Å²) in [6.07, 6.45) is 0. The van der Waals surface area contributed by atoms with Crippen LogP contribution >= 0.6 is 11.3 Å². The molecule has 0 spiro atoms. The van der Waals surface area contributed by atoms with Crippen LogP contribution in [0.1, 0.15) is 0 Å². The van der Waals surface area contributed by atoms with Crippen molar-refractivity contribution in [2.75, 3.05) is 0 Å². The van der Waals surface area contributed by atoms with Crippen LogP contribution in [0.15, 0.2) is 192 Å². The van der Waals surface area contributed by atoms with E-state index in [9.17, 15) is 0 Å². The molecule has 0 aliphatic carbocycles. The zero-order valence-electron chi connectivity index (χ0n) is 30.1. The number of rotatable bonds is 6. The van der Waals surface area contributed by atoms with Gasteiger partial charge in [0.2, 0.25) is 0 Å². The molecule has 0 amide bonds. The van der Waals surface area contributed by atoms with Gasteiger partial charge in [0.05, 0.1) is 0 Å². The van der Waals surface area contributed by atoms with Crippen LogP contribution in [0.5, 0.6) is 0 Å². The second kappa shape index (κ2) is 13.3. The minimum absolute atomic E-state index is 0.594. The van der Waals surface area contributed by atoms with Gasteiger partial charge in [0.25, 0.3) is 0 Å². The Morgan fingerprint density at radius 3 is 1.18 bits per heavy atom. The molecule has 262 valence electrons. The van der Waals surface area contributed by atoms with Gasteiger partial charge in [-0.05, 0) is 69.8 Å². The van der Waals surface area contributed by atoms with Gasteiger partial charge in [-0.15, -0.1) is 11.3 Å². The molecule has 4 nitrogen and oxygen atoms in total. The standard InChI is InChI=1S/C51H31N3OS/c1-4-10-32(11-5-1)34-16-18-36(19-17-34)50-52-49(35-14-8-3-9-15-35)53-51(54-50)40-23-25-42-41-24-20-37(28-45(41)55-46(42)29-40)39-22-27-44-43-26-21-38(33-12-6-2-7-13-33)30-47(43)56-48(44)31-39/h1-31H. The second-order valence-corrected chi connectivity index (χ2v) is 15.1. The van der Waals surface area contributed by atoms with E-state index in [0.717, 1.165) is 49.8 Å². The third-order valence-electron chi connectivity index (χ3n) is 10.6. The van der Waals surface area contributed by atoms with Crippen LogP contribution in [0.4, 0.5) is 0 Å². The molecule has 56 heavy (non-hydrogen) atoms. The maximum atomic E-state index is 6.58. The predicted molar refractivity (Wildman–Crippen MR) is 233 cm³/mol. The molecule has 0 bridgehead atoms. The first-order chi connectivity index (χ1) is 27.7. The zero-order chi connectivity index (χ0) is 37.0. The molecule has 0 aliphatic rings. The molecular weight excluding hydrogens is 703 g/mol. The van der Waals surface area contributed by atoms with Crippen LogP contribution in [0, 0.1) is 0 Å². The maximum absolute atomic E-state index is 6.58. The number of furan rings is 1. The Morgan fingerprint density at radius 1 is 0.286 bits per heavy atom. The van der Waals surface area contributed by atoms with Crippen molar-refractivity contribution in [2.45, 2.75) is 0 Å². The average molecular weight is 734 g/mol. The van der Waals surface area contributed by atoms with Crippen LogP contribution in [-0.2, 0) is 0 Å². The molecule has 0 radical (unpaired) electrons. The number of nitrogens with zero attached hydrogens (tertiary/aromatic N) is 3. The van der Waals surface area contributed by atoms with Crippen molar-refractivity contribution in [1.82, 2.24) is 15.0 Å². The van der Waals surface area contributed by atoms with Crippen molar-refractivity contribution in [1.29, 1.82) is 0 Å². The third kappa shape index (κ3) is 5.74. The van der Waals surface area contributed by atoms with E-state index in [2.05, 4.69) is 146 Å². The molecule has 0 saturated heterocycles. The van der Waals surface area contributed by atoms with E-state index < -0.39 is 0 Å². The summed E-state index contributed by atoms with van der Waals surface area (Å²) >= 11 is 1.85. The predicted octanol–water partition coefficient (Wildman–Crippen LogP) is 14.1. The number of benzene rings is 8. The van der Waals surface area contributed by atoms with Gasteiger partial charge in [-0.1, -0.05) is 152 Å². The van der Waals surface area contributed by atoms with Crippen molar-refractivity contribution in [2.24, 2.45) is 0 Å². The fourth-order valence-corrected chi connectivity index (χ4v) is 8.84. The lowest BCUT2D eigenvalue weighted by atomic mass is 10.0. The molecule has 11 aromatic rings. The van der Waals surface area contributed by atoms with E-state index in [4.69, 9.17) is 19.4 Å². The summed E-state index contributed by atoms with van der Waals surface area (Å²) < 4.78 is 9.15. The lowest BCUT2D eigenvalue weighted by molar-refractivity contribution is 0.669. The van der Waals surface area contributed by atoms with Gasteiger partial charge in [0.15, 0.2) is 17.5 Å². The lowest BCUT2D eigenvalue weighted by Crippen LogP contribution is -2.00. The van der Waals surface area contributed by atoms with E-state index in [-0.39, 0.29) is 0 Å². The topological polar surface area (TPSA) is 51.8 Å². The van der Waals surface area contributed by atoms with Crippen LogP contribution in [-0.4, -0.2) is 15.0 Å². The highest BCUT2D eigenvalue weighted by Crippen LogP contribution is 2.40. The molecule has 11 rings (SSSR count). The SMILES string of the molecule is c1ccc(-c2ccc(-c3nc(-c4ccccc4)nc(-c4ccc5c(c4)oc4cc(-c6ccc7c(c6)sc6cc(-c8ccccc8)ccc67)ccc45)n3)cc2)cc1. The van der Waals surface area contributed by atoms with E-state index in [1.165, 1.54) is 42.4 Å². The quantitative estimate of drug-likeness (QED) is 0.171. The van der Waals surface area contributed by atoms with Crippen LogP contribution in [0.25, 0.3) is 110 Å². The molecule has 8 aromatic carbocycles. The molecule has 0 fully saturated rings. The number of aromatic nitrogens is 3. The largest absolute Gasteiger partial charge is 0.456 e. The second-order valence-electron chi connectivity index (χ2n) is 14.0. The molecule has 0 N–H and O–H groups in total. The Hall–Kier alpha value is -7.21. The normalized spacial score (nSPS) is 11.6. The highest BCUT2D eigenvalue weighted by Gasteiger charge is 2.16. The first-order valence-electron chi connectivity index (χ1n) is 18.7. The molecule has 0 atom stereocenters. The average Bonchev–Trinajstić information content (AvgIpc) is 3.84.